The summed E-state index contributed by atoms with van der Waals surface area (Å²) in [4.78, 5) is 2.60. The Labute approximate surface area is 78.3 Å². The first-order valence-corrected chi connectivity index (χ1v) is 5.71. The molecule has 2 heteroatoms. The molecular weight excluding hydrogens is 202 g/mol. The van der Waals surface area contributed by atoms with Gasteiger partial charge in [0, 0.05) is 11.4 Å². The van der Waals surface area contributed by atoms with Crippen LogP contribution in [0.15, 0.2) is 0 Å². The van der Waals surface area contributed by atoms with E-state index >= 15 is 0 Å². The summed E-state index contributed by atoms with van der Waals surface area (Å²) in [5, 5.41) is 1.17. The number of halogens is 1. The molecule has 2 atom stereocenters. The highest BCUT2D eigenvalue weighted by molar-refractivity contribution is 9.09. The second-order valence-electron chi connectivity index (χ2n) is 3.48. The predicted octanol–water partition coefficient (Wildman–Crippen LogP) is 2.50. The van der Waals surface area contributed by atoms with Gasteiger partial charge in [0.25, 0.3) is 0 Å². The zero-order valence-corrected chi connectivity index (χ0v) is 9.10. The molecule has 66 valence electrons. The molecule has 0 aromatic carbocycles. The number of rotatable bonds is 3. The van der Waals surface area contributed by atoms with Crippen LogP contribution in [0.5, 0.6) is 0 Å². The van der Waals surface area contributed by atoms with Crippen LogP contribution in [-0.2, 0) is 0 Å². The summed E-state index contributed by atoms with van der Waals surface area (Å²) in [5.74, 6) is 0.890. The summed E-state index contributed by atoms with van der Waals surface area (Å²) in [7, 11) is 0. The van der Waals surface area contributed by atoms with E-state index in [-0.39, 0.29) is 0 Å². The lowest BCUT2D eigenvalue weighted by Gasteiger charge is -2.22. The Hall–Kier alpha value is 0.440. The largest absolute Gasteiger partial charge is 0.300 e. The SMILES string of the molecule is CCCN1CCC(CBr)C1C. The molecule has 0 saturated carbocycles. The quantitative estimate of drug-likeness (QED) is 0.660. The molecule has 2 unspecified atom stereocenters. The van der Waals surface area contributed by atoms with Crippen molar-refractivity contribution < 1.29 is 0 Å². The fourth-order valence-electron chi connectivity index (χ4n) is 1.88. The molecule has 0 aliphatic carbocycles. The Morgan fingerprint density at radius 2 is 2.27 bits per heavy atom. The first-order chi connectivity index (χ1) is 5.29. The van der Waals surface area contributed by atoms with E-state index in [1.165, 1.54) is 31.3 Å². The van der Waals surface area contributed by atoms with Crippen molar-refractivity contribution >= 4 is 15.9 Å². The minimum Gasteiger partial charge on any atom is -0.300 e. The van der Waals surface area contributed by atoms with Gasteiger partial charge in [-0.25, -0.2) is 0 Å². The number of nitrogens with zero attached hydrogens (tertiary/aromatic N) is 1. The van der Waals surface area contributed by atoms with Crippen molar-refractivity contribution in [3.63, 3.8) is 0 Å². The lowest BCUT2D eigenvalue weighted by Crippen LogP contribution is -2.31. The van der Waals surface area contributed by atoms with Gasteiger partial charge in [0.2, 0.25) is 0 Å². The van der Waals surface area contributed by atoms with Crippen LogP contribution in [0.2, 0.25) is 0 Å². The lowest BCUT2D eigenvalue weighted by molar-refractivity contribution is 0.249. The summed E-state index contributed by atoms with van der Waals surface area (Å²) < 4.78 is 0. The average molecular weight is 220 g/mol. The first-order valence-electron chi connectivity index (χ1n) is 4.59. The number of hydrogen-bond donors (Lipinski definition) is 0. The average Bonchev–Trinajstić information content (AvgIpc) is 2.34. The van der Waals surface area contributed by atoms with Crippen LogP contribution >= 0.6 is 15.9 Å². The molecule has 1 aliphatic rings. The second-order valence-corrected chi connectivity index (χ2v) is 4.13. The van der Waals surface area contributed by atoms with Crippen LogP contribution in [0.3, 0.4) is 0 Å². The van der Waals surface area contributed by atoms with Crippen molar-refractivity contribution in [1.29, 1.82) is 0 Å². The van der Waals surface area contributed by atoms with Crippen molar-refractivity contribution in [2.75, 3.05) is 18.4 Å². The van der Waals surface area contributed by atoms with Gasteiger partial charge in [-0.2, -0.15) is 0 Å². The second kappa shape index (κ2) is 4.46. The molecule has 0 spiro atoms. The molecular formula is C9H18BrN. The minimum absolute atomic E-state index is 0.800. The molecule has 0 radical (unpaired) electrons. The molecule has 1 aliphatic heterocycles. The number of alkyl halides is 1. The third-order valence-corrected chi connectivity index (χ3v) is 3.59. The summed E-state index contributed by atoms with van der Waals surface area (Å²) in [5.41, 5.74) is 0. The van der Waals surface area contributed by atoms with E-state index in [0.717, 1.165) is 12.0 Å². The highest BCUT2D eigenvalue weighted by atomic mass is 79.9. The molecule has 11 heavy (non-hydrogen) atoms. The molecule has 1 rings (SSSR count). The fourth-order valence-corrected chi connectivity index (χ4v) is 2.75. The molecule has 0 aromatic rings. The van der Waals surface area contributed by atoms with Gasteiger partial charge in [0.15, 0.2) is 0 Å². The van der Waals surface area contributed by atoms with E-state index in [2.05, 4.69) is 34.7 Å². The van der Waals surface area contributed by atoms with Crippen LogP contribution in [0.1, 0.15) is 26.7 Å². The van der Waals surface area contributed by atoms with Gasteiger partial charge in [-0.15, -0.1) is 0 Å². The number of hydrogen-bond acceptors (Lipinski definition) is 1. The Kier molecular flexibility index (Phi) is 3.86. The molecule has 0 amide bonds. The molecule has 0 bridgehead atoms. The molecule has 1 nitrogen and oxygen atoms in total. The monoisotopic (exact) mass is 219 g/mol. The Morgan fingerprint density at radius 3 is 2.73 bits per heavy atom. The normalized spacial score (nSPS) is 33.0. The van der Waals surface area contributed by atoms with Crippen molar-refractivity contribution in [3.8, 4) is 0 Å². The zero-order chi connectivity index (χ0) is 8.27. The van der Waals surface area contributed by atoms with Crippen molar-refractivity contribution in [2.24, 2.45) is 5.92 Å². The molecule has 1 saturated heterocycles. The summed E-state index contributed by atoms with van der Waals surface area (Å²) in [6.45, 7) is 7.21. The fraction of sp³-hybridized carbons (Fsp3) is 1.00. The standard InChI is InChI=1S/C9H18BrN/c1-3-5-11-6-4-9(7-10)8(11)2/h8-9H,3-7H2,1-2H3. The molecule has 0 aromatic heterocycles. The van der Waals surface area contributed by atoms with Gasteiger partial charge >= 0.3 is 0 Å². The van der Waals surface area contributed by atoms with E-state index in [9.17, 15) is 0 Å². The van der Waals surface area contributed by atoms with Gasteiger partial charge in [-0.3, -0.25) is 0 Å². The lowest BCUT2D eigenvalue weighted by atomic mass is 10.1. The Bertz CT molecular complexity index is 116. The van der Waals surface area contributed by atoms with Gasteiger partial charge in [-0.05, 0) is 38.8 Å². The van der Waals surface area contributed by atoms with E-state index in [1.54, 1.807) is 0 Å². The Morgan fingerprint density at radius 1 is 1.55 bits per heavy atom. The summed E-state index contributed by atoms with van der Waals surface area (Å²) >= 11 is 3.57. The van der Waals surface area contributed by atoms with Crippen LogP contribution in [-0.4, -0.2) is 29.4 Å². The van der Waals surface area contributed by atoms with E-state index in [1.807, 2.05) is 0 Å². The molecule has 0 N–H and O–H groups in total. The zero-order valence-electron chi connectivity index (χ0n) is 7.52. The number of likely N-dealkylation sites (tertiary alicyclic amines) is 1. The van der Waals surface area contributed by atoms with Gasteiger partial charge in [0.1, 0.15) is 0 Å². The highest BCUT2D eigenvalue weighted by Crippen LogP contribution is 2.25. The van der Waals surface area contributed by atoms with Gasteiger partial charge in [-0.1, -0.05) is 22.9 Å². The molecule has 1 heterocycles. The van der Waals surface area contributed by atoms with E-state index in [4.69, 9.17) is 0 Å². The summed E-state index contributed by atoms with van der Waals surface area (Å²) in [6, 6.07) is 0.800. The first kappa shape index (κ1) is 9.53. The van der Waals surface area contributed by atoms with Crippen molar-refractivity contribution in [1.82, 2.24) is 4.90 Å². The Balaban J connectivity index is 2.35. The van der Waals surface area contributed by atoms with Crippen LogP contribution in [0.25, 0.3) is 0 Å². The van der Waals surface area contributed by atoms with Crippen molar-refractivity contribution in [3.05, 3.63) is 0 Å². The van der Waals surface area contributed by atoms with E-state index in [0.29, 0.717) is 0 Å². The maximum Gasteiger partial charge on any atom is 0.0104 e. The maximum absolute atomic E-state index is 3.57. The summed E-state index contributed by atoms with van der Waals surface area (Å²) in [6.07, 6.45) is 2.67. The maximum atomic E-state index is 3.57. The third-order valence-electron chi connectivity index (χ3n) is 2.75. The highest BCUT2D eigenvalue weighted by Gasteiger charge is 2.28. The van der Waals surface area contributed by atoms with Crippen LogP contribution < -0.4 is 0 Å². The topological polar surface area (TPSA) is 3.24 Å². The predicted molar refractivity (Wildman–Crippen MR) is 53.2 cm³/mol. The van der Waals surface area contributed by atoms with Crippen LogP contribution in [0, 0.1) is 5.92 Å². The third kappa shape index (κ3) is 2.19. The minimum atomic E-state index is 0.800. The smallest absolute Gasteiger partial charge is 0.0104 e. The van der Waals surface area contributed by atoms with Gasteiger partial charge in [0.05, 0.1) is 0 Å². The van der Waals surface area contributed by atoms with E-state index < -0.39 is 0 Å². The van der Waals surface area contributed by atoms with Crippen LogP contribution in [0.4, 0.5) is 0 Å². The molecule has 1 fully saturated rings. The van der Waals surface area contributed by atoms with Gasteiger partial charge < -0.3 is 4.90 Å². The van der Waals surface area contributed by atoms with Crippen molar-refractivity contribution in [2.45, 2.75) is 32.7 Å².